The molecule has 0 N–H and O–H groups in total. The van der Waals surface area contributed by atoms with Gasteiger partial charge in [-0.3, -0.25) is 0 Å². The summed E-state index contributed by atoms with van der Waals surface area (Å²) in [7, 11) is 0. The second-order valence-corrected chi connectivity index (χ2v) is 3.95. The van der Waals surface area contributed by atoms with E-state index in [2.05, 4.69) is 18.3 Å². The minimum Gasteiger partial charge on any atom is -0.477 e. The van der Waals surface area contributed by atoms with Crippen molar-refractivity contribution in [1.82, 2.24) is 0 Å². The fraction of sp³-hybridized carbons (Fsp3) is 0.643. The van der Waals surface area contributed by atoms with Crippen LogP contribution in [0, 0.1) is 5.92 Å². The molecule has 16 heavy (non-hydrogen) atoms. The highest BCUT2D eigenvalue weighted by Gasteiger charge is 2.15. The van der Waals surface area contributed by atoms with Crippen molar-refractivity contribution < 1.29 is 4.74 Å². The first kappa shape index (κ1) is 14.9. The fourth-order valence-corrected chi connectivity index (χ4v) is 1.72. The van der Waals surface area contributed by atoms with Gasteiger partial charge in [0.1, 0.15) is 0 Å². The second-order valence-electron chi connectivity index (χ2n) is 3.95. The molecule has 0 saturated heterocycles. The molecule has 1 aliphatic carbocycles. The number of hydrogen-bond acceptors (Lipinski definition) is 2. The molecule has 0 spiro atoms. The summed E-state index contributed by atoms with van der Waals surface area (Å²) in [5.41, 5.74) is 0.943. The highest BCUT2D eigenvalue weighted by Crippen LogP contribution is 2.25. The maximum Gasteiger partial charge on any atom is 0.212 e. The lowest BCUT2D eigenvalue weighted by molar-refractivity contribution is 0.166. The average molecular weight is 223 g/mol. The molecule has 0 unspecified atom stereocenters. The average Bonchev–Trinajstić information content (AvgIpc) is 2.79. The SMILES string of the molecule is C=N/C(=C\C(=C)C)OCC1CCCC1.CC. The predicted molar refractivity (Wildman–Crippen MR) is 71.7 cm³/mol. The maximum atomic E-state index is 5.56. The van der Waals surface area contributed by atoms with Crippen LogP contribution < -0.4 is 0 Å². The van der Waals surface area contributed by atoms with Crippen molar-refractivity contribution in [2.75, 3.05) is 6.61 Å². The van der Waals surface area contributed by atoms with Crippen molar-refractivity contribution in [2.24, 2.45) is 10.9 Å². The summed E-state index contributed by atoms with van der Waals surface area (Å²) in [4.78, 5) is 3.82. The lowest BCUT2D eigenvalue weighted by Crippen LogP contribution is -2.04. The van der Waals surface area contributed by atoms with Crippen LogP contribution in [0.3, 0.4) is 0 Å². The van der Waals surface area contributed by atoms with E-state index in [0.717, 1.165) is 12.2 Å². The number of ether oxygens (including phenoxy) is 1. The molecule has 0 aromatic carbocycles. The predicted octanol–water partition coefficient (Wildman–Crippen LogP) is 4.34. The molecule has 0 aromatic rings. The Morgan fingerprint density at radius 3 is 2.38 bits per heavy atom. The van der Waals surface area contributed by atoms with Gasteiger partial charge in [-0.1, -0.05) is 38.8 Å². The summed E-state index contributed by atoms with van der Waals surface area (Å²) in [5.74, 6) is 1.31. The van der Waals surface area contributed by atoms with Crippen LogP contribution in [0.2, 0.25) is 0 Å². The molecule has 1 rings (SSSR count). The van der Waals surface area contributed by atoms with Gasteiger partial charge in [0.25, 0.3) is 0 Å². The minimum absolute atomic E-state index is 0.601. The van der Waals surface area contributed by atoms with Gasteiger partial charge in [-0.15, -0.1) is 0 Å². The van der Waals surface area contributed by atoms with Gasteiger partial charge < -0.3 is 4.74 Å². The topological polar surface area (TPSA) is 21.6 Å². The molecule has 1 saturated carbocycles. The highest BCUT2D eigenvalue weighted by molar-refractivity contribution is 5.29. The summed E-state index contributed by atoms with van der Waals surface area (Å²) in [6.07, 6.45) is 7.08. The van der Waals surface area contributed by atoms with Crippen molar-refractivity contribution >= 4 is 6.72 Å². The molecule has 0 heterocycles. The quantitative estimate of drug-likeness (QED) is 0.386. The Morgan fingerprint density at radius 1 is 1.38 bits per heavy atom. The van der Waals surface area contributed by atoms with Crippen LogP contribution in [0.4, 0.5) is 0 Å². The molecule has 1 fully saturated rings. The van der Waals surface area contributed by atoms with E-state index < -0.39 is 0 Å². The Hall–Kier alpha value is -1.05. The third-order valence-corrected chi connectivity index (χ3v) is 2.47. The second kappa shape index (κ2) is 9.20. The summed E-state index contributed by atoms with van der Waals surface area (Å²) >= 11 is 0. The smallest absolute Gasteiger partial charge is 0.212 e. The van der Waals surface area contributed by atoms with Gasteiger partial charge in [0.15, 0.2) is 0 Å². The zero-order valence-electron chi connectivity index (χ0n) is 11.0. The first-order valence-electron chi connectivity index (χ1n) is 6.19. The highest BCUT2D eigenvalue weighted by atomic mass is 16.5. The van der Waals surface area contributed by atoms with E-state index in [-0.39, 0.29) is 0 Å². The molecule has 1 aliphatic rings. The molecule has 92 valence electrons. The molecule has 0 aromatic heterocycles. The summed E-state index contributed by atoms with van der Waals surface area (Å²) in [5, 5.41) is 0. The van der Waals surface area contributed by atoms with Crippen molar-refractivity contribution in [3.05, 3.63) is 24.1 Å². The first-order valence-corrected chi connectivity index (χ1v) is 6.19. The van der Waals surface area contributed by atoms with Crippen molar-refractivity contribution in [2.45, 2.75) is 46.5 Å². The minimum atomic E-state index is 0.601. The fourth-order valence-electron chi connectivity index (χ4n) is 1.72. The number of hydrogen-bond donors (Lipinski definition) is 0. The van der Waals surface area contributed by atoms with Crippen LogP contribution in [0.5, 0.6) is 0 Å². The lowest BCUT2D eigenvalue weighted by Gasteiger charge is -2.10. The normalized spacial score (nSPS) is 16.3. The number of allylic oxidation sites excluding steroid dienone is 2. The molecule has 2 heteroatoms. The van der Waals surface area contributed by atoms with E-state index >= 15 is 0 Å². The van der Waals surface area contributed by atoms with Gasteiger partial charge in [-0.05, 0) is 32.4 Å². The van der Waals surface area contributed by atoms with E-state index in [1.165, 1.54) is 25.7 Å². The Labute approximate surface area is 100 Å². The van der Waals surface area contributed by atoms with Gasteiger partial charge >= 0.3 is 0 Å². The molecule has 0 bridgehead atoms. The van der Waals surface area contributed by atoms with Crippen LogP contribution in [0.1, 0.15) is 46.5 Å². The van der Waals surface area contributed by atoms with Crippen molar-refractivity contribution in [3.8, 4) is 0 Å². The standard InChI is InChI=1S/C12H19NO.C2H6/c1-10(2)8-12(13-3)14-9-11-6-4-5-7-11;1-2/h8,11H,1,3-7,9H2,2H3;1-2H3/b12-8+;. The van der Waals surface area contributed by atoms with E-state index in [1.54, 1.807) is 0 Å². The molecule has 0 aliphatic heterocycles. The molecular formula is C14H25NO. The first-order chi connectivity index (χ1) is 7.72. The van der Waals surface area contributed by atoms with Gasteiger partial charge in [0, 0.05) is 6.08 Å². The number of aliphatic imine (C=N–C) groups is 1. The van der Waals surface area contributed by atoms with Gasteiger partial charge in [0.2, 0.25) is 5.88 Å². The summed E-state index contributed by atoms with van der Waals surface area (Å²) < 4.78 is 5.56. The zero-order valence-corrected chi connectivity index (χ0v) is 11.0. The van der Waals surface area contributed by atoms with E-state index in [9.17, 15) is 0 Å². The molecular weight excluding hydrogens is 198 g/mol. The number of nitrogens with zero attached hydrogens (tertiary/aromatic N) is 1. The molecule has 0 radical (unpaired) electrons. The Kier molecular flexibility index (Phi) is 8.59. The molecule has 0 amide bonds. The summed E-state index contributed by atoms with van der Waals surface area (Å²) in [6.45, 7) is 14.0. The maximum absolute atomic E-state index is 5.56. The zero-order chi connectivity index (χ0) is 12.4. The van der Waals surface area contributed by atoms with Gasteiger partial charge in [-0.2, -0.15) is 0 Å². The summed E-state index contributed by atoms with van der Waals surface area (Å²) in [6, 6.07) is 0. The molecule has 2 nitrogen and oxygen atoms in total. The number of rotatable bonds is 5. The Morgan fingerprint density at radius 2 is 1.94 bits per heavy atom. The third kappa shape index (κ3) is 6.44. The Bertz CT molecular complexity index is 237. The monoisotopic (exact) mass is 223 g/mol. The largest absolute Gasteiger partial charge is 0.477 e. The van der Waals surface area contributed by atoms with Crippen LogP contribution in [-0.4, -0.2) is 13.3 Å². The van der Waals surface area contributed by atoms with Crippen LogP contribution in [0.25, 0.3) is 0 Å². The Balaban J connectivity index is 0.00000106. The lowest BCUT2D eigenvalue weighted by atomic mass is 10.1. The van der Waals surface area contributed by atoms with Crippen molar-refractivity contribution in [3.63, 3.8) is 0 Å². The third-order valence-electron chi connectivity index (χ3n) is 2.47. The van der Waals surface area contributed by atoms with Gasteiger partial charge in [-0.25, -0.2) is 4.99 Å². The van der Waals surface area contributed by atoms with Crippen molar-refractivity contribution in [1.29, 1.82) is 0 Å². The molecule has 0 atom stereocenters. The van der Waals surface area contributed by atoms with E-state index in [1.807, 2.05) is 26.8 Å². The van der Waals surface area contributed by atoms with E-state index in [0.29, 0.717) is 11.8 Å². The van der Waals surface area contributed by atoms with Crippen LogP contribution in [0.15, 0.2) is 29.1 Å². The van der Waals surface area contributed by atoms with Gasteiger partial charge in [0.05, 0.1) is 6.61 Å². The van der Waals surface area contributed by atoms with Crippen LogP contribution in [-0.2, 0) is 4.74 Å². The van der Waals surface area contributed by atoms with E-state index in [4.69, 9.17) is 4.74 Å². The van der Waals surface area contributed by atoms with Crippen LogP contribution >= 0.6 is 0 Å².